The Bertz CT molecular complexity index is 1110. The molecule has 5 heteroatoms. The maximum Gasteiger partial charge on any atom is 0.255 e. The molecule has 4 aromatic rings. The van der Waals surface area contributed by atoms with Gasteiger partial charge in [0.2, 0.25) is 0 Å². The minimum absolute atomic E-state index is 0.139. The first-order chi connectivity index (χ1) is 13.0. The average Bonchev–Trinajstić information content (AvgIpc) is 3.06. The fourth-order valence-electron chi connectivity index (χ4n) is 3.06. The van der Waals surface area contributed by atoms with E-state index in [2.05, 4.69) is 10.3 Å². The predicted molar refractivity (Wildman–Crippen MR) is 114 cm³/mol. The van der Waals surface area contributed by atoms with Crippen molar-refractivity contribution in [3.05, 3.63) is 82.4 Å². The maximum absolute atomic E-state index is 12.6. The summed E-state index contributed by atoms with van der Waals surface area (Å²) >= 11 is 7.99. The molecule has 0 aliphatic heterocycles. The maximum atomic E-state index is 12.6. The molecule has 1 aromatic heterocycles. The Balaban J connectivity index is 1.66. The molecule has 0 aliphatic rings. The summed E-state index contributed by atoms with van der Waals surface area (Å²) in [5, 5.41) is 4.41. The molecule has 0 saturated carbocycles. The first-order valence-corrected chi connectivity index (χ1v) is 9.74. The van der Waals surface area contributed by atoms with E-state index < -0.39 is 0 Å². The summed E-state index contributed by atoms with van der Waals surface area (Å²) in [6.07, 6.45) is 0. The van der Waals surface area contributed by atoms with Crippen LogP contribution in [0.5, 0.6) is 0 Å². The first-order valence-electron chi connectivity index (χ1n) is 8.55. The molecule has 3 nitrogen and oxygen atoms in total. The van der Waals surface area contributed by atoms with Crippen LogP contribution in [0, 0.1) is 13.8 Å². The largest absolute Gasteiger partial charge is 0.322 e. The third-order valence-electron chi connectivity index (χ3n) is 4.23. The van der Waals surface area contributed by atoms with Gasteiger partial charge in [-0.25, -0.2) is 4.98 Å². The molecule has 0 fully saturated rings. The van der Waals surface area contributed by atoms with E-state index in [1.165, 1.54) is 0 Å². The lowest BCUT2D eigenvalue weighted by Gasteiger charge is -2.09. The summed E-state index contributed by atoms with van der Waals surface area (Å²) in [5.74, 6) is -0.139. The summed E-state index contributed by atoms with van der Waals surface area (Å²) in [4.78, 5) is 17.3. The number of thiazole rings is 1. The molecule has 0 bridgehead atoms. The minimum atomic E-state index is -0.139. The topological polar surface area (TPSA) is 42.0 Å². The molecule has 134 valence electrons. The monoisotopic (exact) mass is 392 g/mol. The Morgan fingerprint density at radius 1 is 1.00 bits per heavy atom. The van der Waals surface area contributed by atoms with Crippen molar-refractivity contribution >= 4 is 44.7 Å². The van der Waals surface area contributed by atoms with Gasteiger partial charge in [-0.3, -0.25) is 4.79 Å². The van der Waals surface area contributed by atoms with Crippen LogP contribution in [-0.2, 0) is 0 Å². The third-order valence-corrected chi connectivity index (χ3v) is 5.63. The molecule has 0 atom stereocenters. The number of fused-ring (bicyclic) bond motifs is 1. The van der Waals surface area contributed by atoms with E-state index in [1.54, 1.807) is 23.5 Å². The van der Waals surface area contributed by atoms with Crippen LogP contribution in [0.15, 0.2) is 60.7 Å². The van der Waals surface area contributed by atoms with Crippen molar-refractivity contribution in [1.29, 1.82) is 0 Å². The number of para-hydroxylation sites is 1. The Hall–Kier alpha value is -2.69. The molecule has 3 aromatic carbocycles. The van der Waals surface area contributed by atoms with Gasteiger partial charge in [0.15, 0.2) is 0 Å². The van der Waals surface area contributed by atoms with Gasteiger partial charge in [0, 0.05) is 16.8 Å². The number of aromatic nitrogens is 1. The highest BCUT2D eigenvalue weighted by Gasteiger charge is 2.13. The number of carbonyl (C=O) groups excluding carboxylic acids is 1. The number of aryl methyl sites for hydroxylation is 2. The van der Waals surface area contributed by atoms with Gasteiger partial charge >= 0.3 is 0 Å². The van der Waals surface area contributed by atoms with Crippen LogP contribution in [0.25, 0.3) is 20.8 Å². The minimum Gasteiger partial charge on any atom is -0.322 e. The number of hydrogen-bond donors (Lipinski definition) is 1. The van der Waals surface area contributed by atoms with Crippen molar-refractivity contribution in [2.75, 3.05) is 5.32 Å². The smallest absolute Gasteiger partial charge is 0.255 e. The number of benzene rings is 3. The fourth-order valence-corrected chi connectivity index (χ4v) is 4.32. The summed E-state index contributed by atoms with van der Waals surface area (Å²) in [5.41, 5.74) is 5.22. The number of rotatable bonds is 3. The number of carbonyl (C=O) groups is 1. The van der Waals surface area contributed by atoms with E-state index in [1.807, 2.05) is 62.4 Å². The van der Waals surface area contributed by atoms with Gasteiger partial charge in [-0.2, -0.15) is 0 Å². The second-order valence-electron chi connectivity index (χ2n) is 6.51. The SMILES string of the molecule is Cc1cc(C)cc(C(=O)Nc2ccc(Cl)c(-c3nc4ccccc4s3)c2)c1. The van der Waals surface area contributed by atoms with Crippen molar-refractivity contribution in [3.8, 4) is 10.6 Å². The van der Waals surface area contributed by atoms with E-state index in [0.717, 1.165) is 31.9 Å². The molecule has 0 unspecified atom stereocenters. The summed E-state index contributed by atoms with van der Waals surface area (Å²) in [6, 6.07) is 19.3. The predicted octanol–water partition coefficient (Wildman–Crippen LogP) is 6.49. The Morgan fingerprint density at radius 2 is 1.74 bits per heavy atom. The highest BCUT2D eigenvalue weighted by atomic mass is 35.5. The molecular formula is C22H17ClN2OS. The first kappa shape index (κ1) is 17.7. The molecule has 0 saturated heterocycles. The number of halogens is 1. The van der Waals surface area contributed by atoms with Gasteiger partial charge < -0.3 is 5.32 Å². The summed E-state index contributed by atoms with van der Waals surface area (Å²) < 4.78 is 1.10. The molecule has 1 amide bonds. The molecule has 0 spiro atoms. The van der Waals surface area contributed by atoms with Crippen molar-refractivity contribution < 1.29 is 4.79 Å². The second-order valence-corrected chi connectivity index (χ2v) is 7.95. The number of nitrogens with one attached hydrogen (secondary N) is 1. The molecular weight excluding hydrogens is 376 g/mol. The van der Waals surface area contributed by atoms with Crippen molar-refractivity contribution in [2.24, 2.45) is 0 Å². The molecule has 27 heavy (non-hydrogen) atoms. The second kappa shape index (κ2) is 7.14. The molecule has 0 aliphatic carbocycles. The standard InChI is InChI=1S/C22H17ClN2OS/c1-13-9-14(2)11-15(10-13)21(26)24-16-7-8-18(23)17(12-16)22-25-19-5-3-4-6-20(19)27-22/h3-12H,1-2H3,(H,24,26). The van der Waals surface area contributed by atoms with Gasteiger partial charge in [-0.05, 0) is 56.3 Å². The molecule has 0 radical (unpaired) electrons. The van der Waals surface area contributed by atoms with Crippen LogP contribution in [0.2, 0.25) is 5.02 Å². The fraction of sp³-hybridized carbons (Fsp3) is 0.0909. The quantitative estimate of drug-likeness (QED) is 0.433. The molecule has 1 heterocycles. The van der Waals surface area contributed by atoms with Gasteiger partial charge in [0.05, 0.1) is 15.2 Å². The summed E-state index contributed by atoms with van der Waals surface area (Å²) in [6.45, 7) is 3.97. The van der Waals surface area contributed by atoms with Crippen LogP contribution in [0.3, 0.4) is 0 Å². The highest BCUT2D eigenvalue weighted by Crippen LogP contribution is 2.36. The number of amides is 1. The van der Waals surface area contributed by atoms with E-state index in [0.29, 0.717) is 16.3 Å². The van der Waals surface area contributed by atoms with E-state index >= 15 is 0 Å². The lowest BCUT2D eigenvalue weighted by atomic mass is 10.1. The zero-order valence-electron chi connectivity index (χ0n) is 14.9. The number of nitrogens with zero attached hydrogens (tertiary/aromatic N) is 1. The lowest BCUT2D eigenvalue weighted by molar-refractivity contribution is 0.102. The van der Waals surface area contributed by atoms with E-state index in [4.69, 9.17) is 11.6 Å². The normalized spacial score (nSPS) is 10.9. The molecule has 4 rings (SSSR count). The van der Waals surface area contributed by atoms with Crippen LogP contribution >= 0.6 is 22.9 Å². The molecule has 1 N–H and O–H groups in total. The van der Waals surface area contributed by atoms with Gasteiger partial charge in [-0.15, -0.1) is 11.3 Å². The number of hydrogen-bond acceptors (Lipinski definition) is 3. The van der Waals surface area contributed by atoms with Gasteiger partial charge in [0.1, 0.15) is 5.01 Å². The Morgan fingerprint density at radius 3 is 2.48 bits per heavy atom. The zero-order chi connectivity index (χ0) is 19.0. The van der Waals surface area contributed by atoms with Crippen molar-refractivity contribution in [1.82, 2.24) is 4.98 Å². The highest BCUT2D eigenvalue weighted by molar-refractivity contribution is 7.21. The Labute approximate surface area is 166 Å². The van der Waals surface area contributed by atoms with Gasteiger partial charge in [-0.1, -0.05) is 40.9 Å². The van der Waals surface area contributed by atoms with Crippen LogP contribution in [0.1, 0.15) is 21.5 Å². The number of anilines is 1. The van der Waals surface area contributed by atoms with Crippen LogP contribution in [0.4, 0.5) is 5.69 Å². The zero-order valence-corrected chi connectivity index (χ0v) is 16.5. The van der Waals surface area contributed by atoms with Crippen molar-refractivity contribution in [2.45, 2.75) is 13.8 Å². The average molecular weight is 393 g/mol. The van der Waals surface area contributed by atoms with Crippen LogP contribution < -0.4 is 5.32 Å². The van der Waals surface area contributed by atoms with E-state index in [-0.39, 0.29) is 5.91 Å². The van der Waals surface area contributed by atoms with Crippen LogP contribution in [-0.4, -0.2) is 10.9 Å². The summed E-state index contributed by atoms with van der Waals surface area (Å²) in [7, 11) is 0. The van der Waals surface area contributed by atoms with E-state index in [9.17, 15) is 4.79 Å². The van der Waals surface area contributed by atoms with Gasteiger partial charge in [0.25, 0.3) is 5.91 Å². The third kappa shape index (κ3) is 3.72. The van der Waals surface area contributed by atoms with Crippen molar-refractivity contribution in [3.63, 3.8) is 0 Å². The Kier molecular flexibility index (Phi) is 4.68. The lowest BCUT2D eigenvalue weighted by Crippen LogP contribution is -2.12.